The number of anilines is 2. The average Bonchev–Trinajstić information content (AvgIpc) is 2.83. The van der Waals surface area contributed by atoms with Gasteiger partial charge in [-0.2, -0.15) is 0 Å². The summed E-state index contributed by atoms with van der Waals surface area (Å²) in [7, 11) is 0. The van der Waals surface area contributed by atoms with E-state index < -0.39 is 0 Å². The quantitative estimate of drug-likeness (QED) is 0.911. The Kier molecular flexibility index (Phi) is 4.50. The number of halogens is 1. The number of aromatic nitrogens is 1. The highest BCUT2D eigenvalue weighted by molar-refractivity contribution is 7.15. The molecular formula is C14H18FN3S. The predicted octanol–water partition coefficient (Wildman–Crippen LogP) is 3.46. The molecule has 0 unspecified atom stereocenters. The molecule has 0 aliphatic rings. The molecule has 1 aromatic heterocycles. The highest BCUT2D eigenvalue weighted by Crippen LogP contribution is 2.31. The summed E-state index contributed by atoms with van der Waals surface area (Å²) in [4.78, 5) is 7.73. The van der Waals surface area contributed by atoms with Crippen LogP contribution in [-0.2, 0) is 13.0 Å². The van der Waals surface area contributed by atoms with Crippen molar-refractivity contribution in [3.8, 4) is 0 Å². The molecule has 2 aromatic rings. The van der Waals surface area contributed by atoms with Crippen molar-refractivity contribution in [1.82, 2.24) is 4.98 Å². The summed E-state index contributed by atoms with van der Waals surface area (Å²) in [6, 6.07) is 6.58. The van der Waals surface area contributed by atoms with E-state index in [0.29, 0.717) is 6.54 Å². The zero-order chi connectivity index (χ0) is 13.8. The minimum Gasteiger partial charge on any atom is -0.326 e. The van der Waals surface area contributed by atoms with Gasteiger partial charge < -0.3 is 10.6 Å². The maximum atomic E-state index is 13.3. The first-order valence-electron chi connectivity index (χ1n) is 6.41. The van der Waals surface area contributed by atoms with Crippen LogP contribution >= 0.6 is 11.3 Å². The first kappa shape index (κ1) is 14.0. The van der Waals surface area contributed by atoms with E-state index in [2.05, 4.69) is 11.9 Å². The van der Waals surface area contributed by atoms with Crippen LogP contribution in [0.25, 0.3) is 0 Å². The molecule has 0 bridgehead atoms. The number of aryl methyl sites for hydroxylation is 1. The molecule has 102 valence electrons. The maximum absolute atomic E-state index is 13.3. The Morgan fingerprint density at radius 1 is 1.37 bits per heavy atom. The van der Waals surface area contributed by atoms with Gasteiger partial charge in [-0.25, -0.2) is 9.37 Å². The van der Waals surface area contributed by atoms with Gasteiger partial charge in [-0.05, 0) is 31.5 Å². The highest BCUT2D eigenvalue weighted by atomic mass is 32.1. The number of rotatable bonds is 5. The minimum absolute atomic E-state index is 0.234. The van der Waals surface area contributed by atoms with Gasteiger partial charge in [0.25, 0.3) is 0 Å². The van der Waals surface area contributed by atoms with Crippen LogP contribution in [0.4, 0.5) is 15.2 Å². The van der Waals surface area contributed by atoms with E-state index in [9.17, 15) is 4.39 Å². The standard InChI is InChI=1S/C14H18FN3S/c1-3-12-13(9-16)19-14(17-12)18(4-2)11-7-5-6-10(15)8-11/h5-8H,3-4,9,16H2,1-2H3. The molecule has 0 saturated heterocycles. The Balaban J connectivity index is 2.39. The summed E-state index contributed by atoms with van der Waals surface area (Å²) in [5.41, 5.74) is 7.60. The van der Waals surface area contributed by atoms with E-state index >= 15 is 0 Å². The normalized spacial score (nSPS) is 10.7. The molecule has 2 N–H and O–H groups in total. The fourth-order valence-electron chi connectivity index (χ4n) is 1.99. The first-order chi connectivity index (χ1) is 9.19. The average molecular weight is 279 g/mol. The molecule has 0 amide bonds. The Morgan fingerprint density at radius 3 is 2.68 bits per heavy atom. The predicted molar refractivity (Wildman–Crippen MR) is 78.5 cm³/mol. The molecule has 0 aliphatic carbocycles. The fourth-order valence-corrected chi connectivity index (χ4v) is 3.11. The van der Waals surface area contributed by atoms with Crippen molar-refractivity contribution in [2.24, 2.45) is 5.73 Å². The summed E-state index contributed by atoms with van der Waals surface area (Å²) in [6.07, 6.45) is 0.865. The van der Waals surface area contributed by atoms with Crippen molar-refractivity contribution in [1.29, 1.82) is 0 Å². The van der Waals surface area contributed by atoms with Gasteiger partial charge in [0.2, 0.25) is 0 Å². The third-order valence-electron chi connectivity index (χ3n) is 2.95. The molecule has 0 fully saturated rings. The van der Waals surface area contributed by atoms with Gasteiger partial charge >= 0.3 is 0 Å². The lowest BCUT2D eigenvalue weighted by atomic mass is 10.3. The van der Waals surface area contributed by atoms with Crippen molar-refractivity contribution in [2.75, 3.05) is 11.4 Å². The van der Waals surface area contributed by atoms with Crippen molar-refractivity contribution in [3.05, 3.63) is 40.7 Å². The Bertz CT molecular complexity index is 532. The molecule has 19 heavy (non-hydrogen) atoms. The van der Waals surface area contributed by atoms with Crippen LogP contribution in [0.2, 0.25) is 0 Å². The molecular weight excluding hydrogens is 261 g/mol. The van der Waals surface area contributed by atoms with Crippen molar-refractivity contribution in [3.63, 3.8) is 0 Å². The van der Waals surface area contributed by atoms with Gasteiger partial charge in [-0.1, -0.05) is 24.3 Å². The van der Waals surface area contributed by atoms with Gasteiger partial charge in [0.15, 0.2) is 5.13 Å². The summed E-state index contributed by atoms with van der Waals surface area (Å²) in [5.74, 6) is -0.234. The molecule has 0 spiro atoms. The fraction of sp³-hybridized carbons (Fsp3) is 0.357. The SMILES string of the molecule is CCc1nc(N(CC)c2cccc(F)c2)sc1CN. The number of nitrogens with two attached hydrogens (primary N) is 1. The summed E-state index contributed by atoms with van der Waals surface area (Å²) < 4.78 is 13.3. The van der Waals surface area contributed by atoms with Crippen LogP contribution in [0.15, 0.2) is 24.3 Å². The van der Waals surface area contributed by atoms with Crippen LogP contribution in [0.5, 0.6) is 0 Å². The lowest BCUT2D eigenvalue weighted by molar-refractivity contribution is 0.627. The lowest BCUT2D eigenvalue weighted by Crippen LogP contribution is -2.15. The van der Waals surface area contributed by atoms with E-state index in [1.807, 2.05) is 17.9 Å². The Hall–Kier alpha value is -1.46. The first-order valence-corrected chi connectivity index (χ1v) is 7.23. The van der Waals surface area contributed by atoms with Crippen molar-refractivity contribution >= 4 is 22.2 Å². The second-order valence-electron chi connectivity index (χ2n) is 4.15. The van der Waals surface area contributed by atoms with Crippen molar-refractivity contribution in [2.45, 2.75) is 26.8 Å². The van der Waals surface area contributed by atoms with E-state index in [-0.39, 0.29) is 5.82 Å². The minimum atomic E-state index is -0.234. The van der Waals surface area contributed by atoms with Crippen molar-refractivity contribution < 1.29 is 4.39 Å². The molecule has 1 aromatic carbocycles. The molecule has 0 radical (unpaired) electrons. The topological polar surface area (TPSA) is 42.2 Å². The van der Waals surface area contributed by atoms with Crippen LogP contribution in [0.3, 0.4) is 0 Å². The zero-order valence-electron chi connectivity index (χ0n) is 11.2. The molecule has 0 aliphatic heterocycles. The van der Waals surface area contributed by atoms with E-state index in [1.165, 1.54) is 12.1 Å². The highest BCUT2D eigenvalue weighted by Gasteiger charge is 2.15. The molecule has 3 nitrogen and oxygen atoms in total. The summed E-state index contributed by atoms with van der Waals surface area (Å²) in [5, 5.41) is 0.880. The number of nitrogens with zero attached hydrogens (tertiary/aromatic N) is 2. The van der Waals surface area contributed by atoms with Crippen LogP contribution < -0.4 is 10.6 Å². The number of hydrogen-bond donors (Lipinski definition) is 1. The summed E-state index contributed by atoms with van der Waals surface area (Å²) in [6.45, 7) is 5.34. The van der Waals surface area contributed by atoms with Gasteiger partial charge in [-0.15, -0.1) is 0 Å². The van der Waals surface area contributed by atoms with Gasteiger partial charge in [0, 0.05) is 23.7 Å². The number of thiazole rings is 1. The van der Waals surface area contributed by atoms with Crippen LogP contribution in [0, 0.1) is 5.82 Å². The third kappa shape index (κ3) is 2.93. The molecule has 5 heteroatoms. The van der Waals surface area contributed by atoms with E-state index in [4.69, 9.17) is 5.73 Å². The molecule has 1 heterocycles. The zero-order valence-corrected chi connectivity index (χ0v) is 12.0. The largest absolute Gasteiger partial charge is 0.326 e. The van der Waals surface area contributed by atoms with Crippen LogP contribution in [-0.4, -0.2) is 11.5 Å². The van der Waals surface area contributed by atoms with Crippen LogP contribution in [0.1, 0.15) is 24.4 Å². The maximum Gasteiger partial charge on any atom is 0.190 e. The van der Waals surface area contributed by atoms with E-state index in [1.54, 1.807) is 17.4 Å². The molecule has 2 rings (SSSR count). The number of benzene rings is 1. The van der Waals surface area contributed by atoms with Gasteiger partial charge in [0.05, 0.1) is 5.69 Å². The molecule has 0 atom stereocenters. The Morgan fingerprint density at radius 2 is 2.16 bits per heavy atom. The Labute approximate surface area is 116 Å². The monoisotopic (exact) mass is 279 g/mol. The third-order valence-corrected chi connectivity index (χ3v) is 4.10. The second kappa shape index (κ2) is 6.12. The smallest absolute Gasteiger partial charge is 0.190 e. The lowest BCUT2D eigenvalue weighted by Gasteiger charge is -2.19. The van der Waals surface area contributed by atoms with Gasteiger partial charge in [-0.3, -0.25) is 0 Å². The summed E-state index contributed by atoms with van der Waals surface area (Å²) >= 11 is 1.58. The number of hydrogen-bond acceptors (Lipinski definition) is 4. The van der Waals surface area contributed by atoms with Gasteiger partial charge in [0.1, 0.15) is 5.82 Å². The second-order valence-corrected chi connectivity index (χ2v) is 5.21. The molecule has 0 saturated carbocycles. The van der Waals surface area contributed by atoms with E-state index in [0.717, 1.165) is 34.4 Å².